The topological polar surface area (TPSA) is 3.24 Å². The second-order valence-electron chi connectivity index (χ2n) is 3.99. The van der Waals surface area contributed by atoms with Gasteiger partial charge in [-0.2, -0.15) is 0 Å². The molecule has 0 heterocycles. The molecular formula is C13H19BrClN. The Labute approximate surface area is 112 Å². The van der Waals surface area contributed by atoms with Crippen molar-refractivity contribution in [2.24, 2.45) is 0 Å². The number of nitrogens with zero attached hydrogens (tertiary/aromatic N) is 1. The Balaban J connectivity index is 3.04. The monoisotopic (exact) mass is 303 g/mol. The van der Waals surface area contributed by atoms with E-state index in [1.807, 2.05) is 6.07 Å². The lowest BCUT2D eigenvalue weighted by Gasteiger charge is -2.30. The smallest absolute Gasteiger partial charge is 0.0426 e. The maximum atomic E-state index is 6.07. The van der Waals surface area contributed by atoms with E-state index in [4.69, 9.17) is 11.6 Å². The maximum Gasteiger partial charge on any atom is 0.0426 e. The molecular weight excluding hydrogens is 286 g/mol. The maximum absolute atomic E-state index is 6.07. The predicted molar refractivity (Wildman–Crippen MR) is 76.9 cm³/mol. The second-order valence-corrected chi connectivity index (χ2v) is 4.99. The summed E-state index contributed by atoms with van der Waals surface area (Å²) in [5, 5.41) is 1.67. The number of hydrogen-bond acceptors (Lipinski definition) is 1. The van der Waals surface area contributed by atoms with Crippen LogP contribution in [0.5, 0.6) is 0 Å². The van der Waals surface area contributed by atoms with E-state index in [0.29, 0.717) is 6.04 Å². The van der Waals surface area contributed by atoms with Gasteiger partial charge in [-0.3, -0.25) is 0 Å². The fraction of sp³-hybridized carbons (Fsp3) is 0.538. The molecule has 1 aromatic rings. The third-order valence-corrected chi connectivity index (χ3v) is 3.90. The highest BCUT2D eigenvalue weighted by Crippen LogP contribution is 2.28. The first-order valence-corrected chi connectivity index (χ1v) is 7.21. The third kappa shape index (κ3) is 3.14. The van der Waals surface area contributed by atoms with E-state index >= 15 is 0 Å². The van der Waals surface area contributed by atoms with E-state index in [2.05, 4.69) is 53.9 Å². The van der Waals surface area contributed by atoms with E-state index in [9.17, 15) is 0 Å². The van der Waals surface area contributed by atoms with Gasteiger partial charge in [0.1, 0.15) is 0 Å². The van der Waals surface area contributed by atoms with E-state index in [-0.39, 0.29) is 0 Å². The van der Waals surface area contributed by atoms with Crippen LogP contribution in [0.2, 0.25) is 5.02 Å². The lowest BCUT2D eigenvalue weighted by Crippen LogP contribution is -2.31. The third-order valence-electron chi connectivity index (χ3n) is 3.06. The highest BCUT2D eigenvalue weighted by atomic mass is 79.9. The number of rotatable bonds is 5. The van der Waals surface area contributed by atoms with Crippen molar-refractivity contribution in [2.75, 3.05) is 11.9 Å². The summed E-state index contributed by atoms with van der Waals surface area (Å²) in [6.07, 6.45) is 2.31. The molecule has 0 unspecified atom stereocenters. The van der Waals surface area contributed by atoms with Crippen LogP contribution in [0.15, 0.2) is 18.2 Å². The zero-order valence-corrected chi connectivity index (χ0v) is 12.5. The summed E-state index contributed by atoms with van der Waals surface area (Å²) in [4.78, 5) is 2.34. The van der Waals surface area contributed by atoms with E-state index < -0.39 is 0 Å². The van der Waals surface area contributed by atoms with Gasteiger partial charge in [0.25, 0.3) is 0 Å². The Bertz CT molecular complexity index is 337. The molecule has 0 saturated carbocycles. The van der Waals surface area contributed by atoms with Crippen molar-refractivity contribution < 1.29 is 0 Å². The zero-order valence-electron chi connectivity index (χ0n) is 10.1. The van der Waals surface area contributed by atoms with Crippen molar-refractivity contribution in [3.63, 3.8) is 0 Å². The van der Waals surface area contributed by atoms with Gasteiger partial charge in [-0.05, 0) is 30.5 Å². The number of alkyl halides is 1. The molecule has 1 aromatic carbocycles. The molecule has 0 aromatic heterocycles. The molecule has 0 aliphatic heterocycles. The van der Waals surface area contributed by atoms with E-state index in [1.54, 1.807) is 0 Å². The Morgan fingerprint density at radius 3 is 2.44 bits per heavy atom. The zero-order chi connectivity index (χ0) is 12.1. The summed E-state index contributed by atoms with van der Waals surface area (Å²) in [6.45, 7) is 4.45. The van der Waals surface area contributed by atoms with Crippen molar-refractivity contribution in [1.82, 2.24) is 0 Å². The van der Waals surface area contributed by atoms with Gasteiger partial charge < -0.3 is 4.90 Å². The Hall–Kier alpha value is -0.210. The van der Waals surface area contributed by atoms with Crippen LogP contribution >= 0.6 is 27.5 Å². The van der Waals surface area contributed by atoms with E-state index in [1.165, 1.54) is 11.3 Å². The average molecular weight is 305 g/mol. The fourth-order valence-electron chi connectivity index (χ4n) is 2.01. The molecule has 0 amide bonds. The lowest BCUT2D eigenvalue weighted by atomic mass is 10.1. The van der Waals surface area contributed by atoms with Crippen LogP contribution in [0.1, 0.15) is 32.3 Å². The number of anilines is 1. The van der Waals surface area contributed by atoms with Crippen molar-refractivity contribution in [2.45, 2.75) is 38.1 Å². The van der Waals surface area contributed by atoms with Gasteiger partial charge in [0.05, 0.1) is 0 Å². The highest BCUT2D eigenvalue weighted by Gasteiger charge is 2.14. The Morgan fingerprint density at radius 2 is 1.94 bits per heavy atom. The average Bonchev–Trinajstić information content (AvgIpc) is 2.30. The molecule has 0 fully saturated rings. The molecule has 0 radical (unpaired) electrons. The summed E-state index contributed by atoms with van der Waals surface area (Å²) < 4.78 is 0. The molecule has 0 aliphatic rings. The van der Waals surface area contributed by atoms with Crippen LogP contribution in [-0.4, -0.2) is 13.1 Å². The second kappa shape index (κ2) is 6.51. The van der Waals surface area contributed by atoms with Crippen LogP contribution in [0.25, 0.3) is 0 Å². The minimum Gasteiger partial charge on any atom is -0.371 e. The molecule has 0 atom stereocenters. The molecule has 90 valence electrons. The van der Waals surface area contributed by atoms with Gasteiger partial charge in [0.2, 0.25) is 0 Å². The van der Waals surface area contributed by atoms with Crippen molar-refractivity contribution in [1.29, 1.82) is 0 Å². The summed E-state index contributed by atoms with van der Waals surface area (Å²) in [6, 6.07) is 6.67. The van der Waals surface area contributed by atoms with Gasteiger partial charge in [0.15, 0.2) is 0 Å². The first-order chi connectivity index (χ1) is 7.63. The van der Waals surface area contributed by atoms with Crippen molar-refractivity contribution in [3.05, 3.63) is 28.8 Å². The molecule has 16 heavy (non-hydrogen) atoms. The number of halogens is 2. The molecule has 0 aliphatic carbocycles. The first kappa shape index (κ1) is 13.9. The standard InChI is InChI=1S/C13H19BrClN/c1-4-12(5-2)16(3)13-8-11(15)7-6-10(13)9-14/h6-8,12H,4-5,9H2,1-3H3. The minimum absolute atomic E-state index is 0.580. The van der Waals surface area contributed by atoms with Gasteiger partial charge >= 0.3 is 0 Å². The van der Waals surface area contributed by atoms with Crippen LogP contribution < -0.4 is 4.90 Å². The van der Waals surface area contributed by atoms with Gasteiger partial charge in [-0.1, -0.05) is 47.4 Å². The van der Waals surface area contributed by atoms with Crippen LogP contribution in [0.4, 0.5) is 5.69 Å². The lowest BCUT2D eigenvalue weighted by molar-refractivity contribution is 0.590. The molecule has 0 N–H and O–H groups in total. The summed E-state index contributed by atoms with van der Waals surface area (Å²) in [5.74, 6) is 0. The minimum atomic E-state index is 0.580. The Morgan fingerprint density at radius 1 is 1.31 bits per heavy atom. The molecule has 1 rings (SSSR count). The molecule has 0 spiro atoms. The van der Waals surface area contributed by atoms with Gasteiger partial charge in [-0.15, -0.1) is 0 Å². The molecule has 3 heteroatoms. The van der Waals surface area contributed by atoms with Crippen LogP contribution in [-0.2, 0) is 5.33 Å². The predicted octanol–water partition coefficient (Wildman–Crippen LogP) is 4.86. The van der Waals surface area contributed by atoms with Gasteiger partial charge in [-0.25, -0.2) is 0 Å². The summed E-state index contributed by atoms with van der Waals surface area (Å²) in [7, 11) is 2.15. The molecule has 0 saturated heterocycles. The SMILES string of the molecule is CCC(CC)N(C)c1cc(Cl)ccc1CBr. The van der Waals surface area contributed by atoms with Gasteiger partial charge in [0, 0.05) is 29.1 Å². The normalized spacial score (nSPS) is 10.9. The fourth-order valence-corrected chi connectivity index (χ4v) is 2.65. The van der Waals surface area contributed by atoms with Crippen molar-refractivity contribution in [3.8, 4) is 0 Å². The van der Waals surface area contributed by atoms with Crippen LogP contribution in [0, 0.1) is 0 Å². The molecule has 0 bridgehead atoms. The highest BCUT2D eigenvalue weighted by molar-refractivity contribution is 9.08. The largest absolute Gasteiger partial charge is 0.371 e. The summed E-state index contributed by atoms with van der Waals surface area (Å²) in [5.41, 5.74) is 2.52. The number of benzene rings is 1. The van der Waals surface area contributed by atoms with Crippen LogP contribution in [0.3, 0.4) is 0 Å². The molecule has 1 nitrogen and oxygen atoms in total. The van der Waals surface area contributed by atoms with Crippen molar-refractivity contribution >= 4 is 33.2 Å². The number of hydrogen-bond donors (Lipinski definition) is 0. The van der Waals surface area contributed by atoms with E-state index in [0.717, 1.165) is 23.2 Å². The Kier molecular flexibility index (Phi) is 5.63. The quantitative estimate of drug-likeness (QED) is 0.702. The summed E-state index contributed by atoms with van der Waals surface area (Å²) >= 11 is 9.59. The first-order valence-electron chi connectivity index (χ1n) is 5.71.